The van der Waals surface area contributed by atoms with Crippen LogP contribution in [-0.2, 0) is 0 Å². The van der Waals surface area contributed by atoms with E-state index in [0.29, 0.717) is 11.4 Å². The fraction of sp³-hybridized carbons (Fsp3) is 0. The van der Waals surface area contributed by atoms with E-state index in [1.54, 1.807) is 18.3 Å². The molecule has 3 nitrogen and oxygen atoms in total. The van der Waals surface area contributed by atoms with E-state index in [9.17, 15) is 4.39 Å². The van der Waals surface area contributed by atoms with Crippen LogP contribution >= 0.6 is 0 Å². The Morgan fingerprint density at radius 3 is 2.73 bits per heavy atom. The number of aromatic hydroxyl groups is 1. The van der Waals surface area contributed by atoms with E-state index in [2.05, 4.69) is 10.3 Å². The number of nitrogens with zero attached hydrogens (tertiary/aromatic N) is 1. The molecule has 0 amide bonds. The molecule has 0 saturated carbocycles. The molecule has 4 heteroatoms. The molecule has 0 bridgehead atoms. The first-order chi connectivity index (χ1) is 7.24. The Balaban J connectivity index is 2.22. The number of hydrogen-bond donors (Lipinski definition) is 2. The normalized spacial score (nSPS) is 9.93. The Morgan fingerprint density at radius 1 is 1.13 bits per heavy atom. The molecule has 1 aromatic carbocycles. The largest absolute Gasteiger partial charge is 0.506 e. The van der Waals surface area contributed by atoms with E-state index in [1.165, 1.54) is 24.4 Å². The first-order valence-electron chi connectivity index (χ1n) is 4.41. The SMILES string of the molecule is Oc1cncc(Nc2cccc(F)c2)c1. The summed E-state index contributed by atoms with van der Waals surface area (Å²) in [6.45, 7) is 0. The number of pyridine rings is 1. The Labute approximate surface area is 86.2 Å². The zero-order valence-electron chi connectivity index (χ0n) is 7.81. The standard InChI is InChI=1S/C11H9FN2O/c12-8-2-1-3-9(4-8)14-10-5-11(15)7-13-6-10/h1-7,14-15H. The molecule has 0 atom stereocenters. The zero-order valence-corrected chi connectivity index (χ0v) is 7.81. The maximum absolute atomic E-state index is 12.8. The summed E-state index contributed by atoms with van der Waals surface area (Å²) < 4.78 is 12.8. The van der Waals surface area contributed by atoms with Gasteiger partial charge in [0, 0.05) is 11.8 Å². The molecule has 0 unspecified atom stereocenters. The highest BCUT2D eigenvalue weighted by atomic mass is 19.1. The van der Waals surface area contributed by atoms with Crippen molar-refractivity contribution in [3.8, 4) is 5.75 Å². The lowest BCUT2D eigenvalue weighted by molar-refractivity contribution is 0.473. The van der Waals surface area contributed by atoms with Gasteiger partial charge >= 0.3 is 0 Å². The molecule has 0 aliphatic heterocycles. The summed E-state index contributed by atoms with van der Waals surface area (Å²) in [7, 11) is 0. The van der Waals surface area contributed by atoms with Gasteiger partial charge in [0.25, 0.3) is 0 Å². The van der Waals surface area contributed by atoms with Gasteiger partial charge in [-0.2, -0.15) is 0 Å². The van der Waals surface area contributed by atoms with Gasteiger partial charge in [-0.3, -0.25) is 4.98 Å². The van der Waals surface area contributed by atoms with Crippen molar-refractivity contribution in [3.63, 3.8) is 0 Å². The molecular weight excluding hydrogens is 195 g/mol. The summed E-state index contributed by atoms with van der Waals surface area (Å²) in [5.41, 5.74) is 1.23. The van der Waals surface area contributed by atoms with Crippen LogP contribution in [0.2, 0.25) is 0 Å². The van der Waals surface area contributed by atoms with Gasteiger partial charge in [0.1, 0.15) is 11.6 Å². The smallest absolute Gasteiger partial charge is 0.135 e. The van der Waals surface area contributed by atoms with E-state index < -0.39 is 0 Å². The van der Waals surface area contributed by atoms with Crippen molar-refractivity contribution in [1.82, 2.24) is 4.98 Å². The van der Waals surface area contributed by atoms with E-state index in [-0.39, 0.29) is 11.6 Å². The first kappa shape index (κ1) is 9.45. The maximum atomic E-state index is 12.8. The van der Waals surface area contributed by atoms with Crippen molar-refractivity contribution in [2.75, 3.05) is 5.32 Å². The number of benzene rings is 1. The predicted octanol–water partition coefficient (Wildman–Crippen LogP) is 2.67. The molecule has 0 radical (unpaired) electrons. The molecule has 2 N–H and O–H groups in total. The number of hydrogen-bond acceptors (Lipinski definition) is 3. The second-order valence-electron chi connectivity index (χ2n) is 3.07. The Hall–Kier alpha value is -2.10. The van der Waals surface area contributed by atoms with Crippen LogP contribution in [-0.4, -0.2) is 10.1 Å². The minimum atomic E-state index is -0.312. The van der Waals surface area contributed by atoms with Gasteiger partial charge in [-0.25, -0.2) is 4.39 Å². The summed E-state index contributed by atoms with van der Waals surface area (Å²) >= 11 is 0. The summed E-state index contributed by atoms with van der Waals surface area (Å²) in [4.78, 5) is 3.80. The zero-order chi connectivity index (χ0) is 10.7. The molecular formula is C11H9FN2O. The molecule has 1 heterocycles. The lowest BCUT2D eigenvalue weighted by Crippen LogP contribution is -1.91. The van der Waals surface area contributed by atoms with Crippen LogP contribution in [0.15, 0.2) is 42.7 Å². The van der Waals surface area contributed by atoms with Crippen LogP contribution in [0.4, 0.5) is 15.8 Å². The third-order valence-corrected chi connectivity index (χ3v) is 1.84. The van der Waals surface area contributed by atoms with Gasteiger partial charge in [0.2, 0.25) is 0 Å². The second kappa shape index (κ2) is 3.96. The third kappa shape index (κ3) is 2.43. The highest BCUT2D eigenvalue weighted by molar-refractivity contribution is 5.59. The molecule has 1 aromatic heterocycles. The van der Waals surface area contributed by atoms with Crippen molar-refractivity contribution >= 4 is 11.4 Å². The second-order valence-corrected chi connectivity index (χ2v) is 3.07. The average molecular weight is 204 g/mol. The highest BCUT2D eigenvalue weighted by Gasteiger charge is 1.97. The molecule has 15 heavy (non-hydrogen) atoms. The summed E-state index contributed by atoms with van der Waals surface area (Å²) in [5, 5.41) is 12.1. The van der Waals surface area contributed by atoms with Crippen molar-refractivity contribution in [3.05, 3.63) is 48.5 Å². The van der Waals surface area contributed by atoms with Crippen LogP contribution in [0.1, 0.15) is 0 Å². The van der Waals surface area contributed by atoms with Crippen molar-refractivity contribution in [2.45, 2.75) is 0 Å². The summed E-state index contributed by atoms with van der Waals surface area (Å²) in [6.07, 6.45) is 2.88. The molecule has 76 valence electrons. The number of anilines is 2. The van der Waals surface area contributed by atoms with Crippen molar-refractivity contribution in [1.29, 1.82) is 0 Å². The average Bonchev–Trinajstić information content (AvgIpc) is 2.17. The van der Waals surface area contributed by atoms with Crippen LogP contribution in [0.5, 0.6) is 5.75 Å². The Kier molecular flexibility index (Phi) is 2.49. The minimum Gasteiger partial charge on any atom is -0.506 e. The van der Waals surface area contributed by atoms with E-state index >= 15 is 0 Å². The number of aromatic nitrogens is 1. The Bertz CT molecular complexity index is 430. The monoisotopic (exact) mass is 204 g/mol. The van der Waals surface area contributed by atoms with Gasteiger partial charge < -0.3 is 10.4 Å². The van der Waals surface area contributed by atoms with Gasteiger partial charge in [0.15, 0.2) is 0 Å². The molecule has 0 aliphatic carbocycles. The number of nitrogens with one attached hydrogen (secondary N) is 1. The van der Waals surface area contributed by atoms with Gasteiger partial charge in [-0.05, 0) is 18.2 Å². The summed E-state index contributed by atoms with van der Waals surface area (Å²) in [6, 6.07) is 7.58. The summed E-state index contributed by atoms with van der Waals surface area (Å²) in [5.74, 6) is -0.246. The molecule has 2 aromatic rings. The highest BCUT2D eigenvalue weighted by Crippen LogP contribution is 2.19. The third-order valence-electron chi connectivity index (χ3n) is 1.84. The fourth-order valence-electron chi connectivity index (χ4n) is 1.23. The van der Waals surface area contributed by atoms with E-state index in [4.69, 9.17) is 5.11 Å². The van der Waals surface area contributed by atoms with Crippen molar-refractivity contribution in [2.24, 2.45) is 0 Å². The van der Waals surface area contributed by atoms with Crippen LogP contribution in [0.25, 0.3) is 0 Å². The Morgan fingerprint density at radius 2 is 2.00 bits per heavy atom. The minimum absolute atomic E-state index is 0.0661. The van der Waals surface area contributed by atoms with Gasteiger partial charge in [-0.15, -0.1) is 0 Å². The fourth-order valence-corrected chi connectivity index (χ4v) is 1.23. The quantitative estimate of drug-likeness (QED) is 0.790. The van der Waals surface area contributed by atoms with E-state index in [1.807, 2.05) is 0 Å². The lowest BCUT2D eigenvalue weighted by atomic mass is 10.3. The molecule has 0 saturated heterocycles. The van der Waals surface area contributed by atoms with E-state index in [0.717, 1.165) is 0 Å². The van der Waals surface area contributed by atoms with Crippen molar-refractivity contribution < 1.29 is 9.50 Å². The topological polar surface area (TPSA) is 45.2 Å². The van der Waals surface area contributed by atoms with Crippen LogP contribution < -0.4 is 5.32 Å². The predicted molar refractivity (Wildman–Crippen MR) is 55.6 cm³/mol. The van der Waals surface area contributed by atoms with Gasteiger partial charge in [-0.1, -0.05) is 6.07 Å². The lowest BCUT2D eigenvalue weighted by Gasteiger charge is -2.05. The number of halogens is 1. The number of rotatable bonds is 2. The van der Waals surface area contributed by atoms with Crippen LogP contribution in [0.3, 0.4) is 0 Å². The molecule has 0 spiro atoms. The molecule has 0 aliphatic rings. The maximum Gasteiger partial charge on any atom is 0.135 e. The first-order valence-corrected chi connectivity index (χ1v) is 4.41. The molecule has 2 rings (SSSR count). The molecule has 0 fully saturated rings. The van der Waals surface area contributed by atoms with Crippen LogP contribution in [0, 0.1) is 5.82 Å². The van der Waals surface area contributed by atoms with Gasteiger partial charge in [0.05, 0.1) is 18.1 Å².